The Morgan fingerprint density at radius 1 is 1.46 bits per heavy atom. The number of aliphatic hydroxyl groups excluding tert-OH is 1. The Labute approximate surface area is 163 Å². The molecule has 2 unspecified atom stereocenters. The predicted octanol–water partition coefficient (Wildman–Crippen LogP) is 4.21. The number of nitrogens with zero attached hydrogens (tertiary/aromatic N) is 2. The van der Waals surface area contributed by atoms with Crippen molar-refractivity contribution in [2.45, 2.75) is 37.6 Å². The molecule has 8 heteroatoms. The molecular formula is C18H26BrN3O3Si. The van der Waals surface area contributed by atoms with E-state index >= 15 is 0 Å². The van der Waals surface area contributed by atoms with Gasteiger partial charge in [-0.25, -0.2) is 0 Å². The first-order chi connectivity index (χ1) is 12.2. The summed E-state index contributed by atoms with van der Waals surface area (Å²) in [7, 11) is -1.18. The van der Waals surface area contributed by atoms with Crippen LogP contribution in [0.3, 0.4) is 0 Å². The number of aromatic nitrogens is 2. The Kier molecular flexibility index (Phi) is 6.85. The minimum Gasteiger partial charge on any atom is -0.476 e. The smallest absolute Gasteiger partial charge is 0.222 e. The predicted molar refractivity (Wildman–Crippen MR) is 108 cm³/mol. The van der Waals surface area contributed by atoms with Crippen molar-refractivity contribution in [1.29, 1.82) is 5.26 Å². The highest BCUT2D eigenvalue weighted by molar-refractivity contribution is 9.09. The monoisotopic (exact) mass is 439 g/mol. The number of nitriles is 1. The largest absolute Gasteiger partial charge is 0.476 e. The Hall–Kier alpha value is -1.40. The molecule has 2 heterocycles. The van der Waals surface area contributed by atoms with Gasteiger partial charge in [0.25, 0.3) is 0 Å². The van der Waals surface area contributed by atoms with Gasteiger partial charge in [-0.15, -0.1) is 0 Å². The molecule has 0 saturated carbocycles. The third-order valence-corrected chi connectivity index (χ3v) is 6.50. The quantitative estimate of drug-likeness (QED) is 0.450. The number of ether oxygens (including phenoxy) is 2. The number of aliphatic hydroxyl groups is 1. The van der Waals surface area contributed by atoms with Gasteiger partial charge in [-0.05, 0) is 25.1 Å². The summed E-state index contributed by atoms with van der Waals surface area (Å²) in [6.07, 6.45) is 1.81. The van der Waals surface area contributed by atoms with Crippen LogP contribution in [0.5, 0.6) is 5.88 Å². The molecule has 6 nitrogen and oxygen atoms in total. The van der Waals surface area contributed by atoms with Crippen LogP contribution in [0.25, 0.3) is 11.0 Å². The van der Waals surface area contributed by atoms with Gasteiger partial charge in [-0.2, -0.15) is 10.2 Å². The molecule has 26 heavy (non-hydrogen) atoms. The van der Waals surface area contributed by atoms with Gasteiger partial charge in [0.1, 0.15) is 22.7 Å². The third-order valence-electron chi connectivity index (χ3n) is 4.03. The van der Waals surface area contributed by atoms with Gasteiger partial charge in [0.2, 0.25) is 5.88 Å². The van der Waals surface area contributed by atoms with Crippen molar-refractivity contribution in [3.05, 3.63) is 23.9 Å². The molecule has 0 radical (unpaired) electrons. The van der Waals surface area contributed by atoms with E-state index in [1.54, 1.807) is 6.92 Å². The molecule has 2 rings (SSSR count). The van der Waals surface area contributed by atoms with Crippen molar-refractivity contribution in [3.8, 4) is 11.9 Å². The summed E-state index contributed by atoms with van der Waals surface area (Å²) in [5, 5.41) is 19.2. The topological polar surface area (TPSA) is 91.2 Å². The number of aromatic amines is 1. The number of hydrogen-bond acceptors (Lipinski definition) is 5. The summed E-state index contributed by atoms with van der Waals surface area (Å²) in [6.45, 7) is 8.98. The molecule has 2 atom stereocenters. The fourth-order valence-electron chi connectivity index (χ4n) is 2.16. The number of hydrogen-bond donors (Lipinski definition) is 2. The number of fused-ring (bicyclic) bond motifs is 1. The Balaban J connectivity index is 2.21. The molecule has 2 aromatic rings. The van der Waals surface area contributed by atoms with Gasteiger partial charge in [-0.3, -0.25) is 0 Å². The lowest BCUT2D eigenvalue weighted by Crippen LogP contribution is -2.28. The van der Waals surface area contributed by atoms with E-state index < -0.39 is 13.5 Å². The summed E-state index contributed by atoms with van der Waals surface area (Å²) in [5.41, 5.74) is 0.489. The van der Waals surface area contributed by atoms with E-state index in [2.05, 4.69) is 51.6 Å². The molecule has 0 aliphatic rings. The van der Waals surface area contributed by atoms with E-state index in [0.29, 0.717) is 18.1 Å². The fraction of sp³-hybridized carbons (Fsp3) is 0.556. The number of H-pyrrole nitrogens is 1. The molecule has 2 N–H and O–H groups in total. The Morgan fingerprint density at radius 2 is 2.19 bits per heavy atom. The van der Waals surface area contributed by atoms with Crippen LogP contribution >= 0.6 is 15.9 Å². The Morgan fingerprint density at radius 3 is 2.81 bits per heavy atom. The lowest BCUT2D eigenvalue weighted by atomic mass is 9.96. The highest BCUT2D eigenvalue weighted by Crippen LogP contribution is 2.34. The summed E-state index contributed by atoms with van der Waals surface area (Å²) in [6, 6.07) is 7.04. The van der Waals surface area contributed by atoms with Crippen LogP contribution in [0.2, 0.25) is 25.7 Å². The minimum absolute atomic E-state index is 0.0425. The van der Waals surface area contributed by atoms with Crippen molar-refractivity contribution in [1.82, 2.24) is 9.97 Å². The van der Waals surface area contributed by atoms with E-state index in [0.717, 1.165) is 17.0 Å². The molecule has 142 valence electrons. The van der Waals surface area contributed by atoms with E-state index in [4.69, 9.17) is 9.47 Å². The molecular weight excluding hydrogens is 414 g/mol. The lowest BCUT2D eigenvalue weighted by Gasteiger charge is -2.22. The van der Waals surface area contributed by atoms with Crippen LogP contribution in [0.15, 0.2) is 18.3 Å². The van der Waals surface area contributed by atoms with Gasteiger partial charge >= 0.3 is 0 Å². The standard InChI is InChI=1S/C18H26BrN3O3Si/c1-18(10-20,11-23)12-25-17-14(9-13-5-6-21-16(13)22-17)15(19)24-7-8-26(2,3)4/h5-6,9,15,23H,7-8,11-12H2,1-4H3,(H,21,22). The summed E-state index contributed by atoms with van der Waals surface area (Å²) >= 11 is 3.58. The summed E-state index contributed by atoms with van der Waals surface area (Å²) in [5.74, 6) is 0.393. The normalized spacial score (nSPS) is 15.4. The molecule has 0 fully saturated rings. The summed E-state index contributed by atoms with van der Waals surface area (Å²) < 4.78 is 11.8. The van der Waals surface area contributed by atoms with Gasteiger partial charge in [0, 0.05) is 26.3 Å². The van der Waals surface area contributed by atoms with Gasteiger partial charge < -0.3 is 19.6 Å². The molecule has 0 saturated heterocycles. The van der Waals surface area contributed by atoms with E-state index in [9.17, 15) is 10.4 Å². The molecule has 0 bridgehead atoms. The maximum atomic E-state index is 9.41. The highest BCUT2D eigenvalue weighted by atomic mass is 79.9. The average Bonchev–Trinajstić information content (AvgIpc) is 3.05. The second-order valence-corrected chi connectivity index (χ2v) is 14.4. The van der Waals surface area contributed by atoms with Crippen molar-refractivity contribution in [2.75, 3.05) is 19.8 Å². The number of rotatable bonds is 9. The van der Waals surface area contributed by atoms with Crippen LogP contribution in [0.1, 0.15) is 17.5 Å². The SMILES string of the molecule is CC(C#N)(CO)COc1nc2[nH]ccc2cc1C(Br)OCC[Si](C)(C)C. The van der Waals surface area contributed by atoms with Crippen molar-refractivity contribution in [2.24, 2.45) is 5.41 Å². The molecule has 0 aliphatic heterocycles. The maximum absolute atomic E-state index is 9.41. The second-order valence-electron chi connectivity index (χ2n) is 7.92. The first-order valence-electron chi connectivity index (χ1n) is 8.56. The van der Waals surface area contributed by atoms with Crippen LogP contribution < -0.4 is 4.74 Å². The summed E-state index contributed by atoms with van der Waals surface area (Å²) in [4.78, 5) is 7.57. The minimum atomic E-state index is -1.18. The van der Waals surface area contributed by atoms with Crippen LogP contribution in [-0.4, -0.2) is 43.0 Å². The maximum Gasteiger partial charge on any atom is 0.222 e. The van der Waals surface area contributed by atoms with E-state index in [1.165, 1.54) is 0 Å². The average molecular weight is 440 g/mol. The second kappa shape index (κ2) is 8.52. The zero-order valence-corrected chi connectivity index (χ0v) is 18.3. The zero-order valence-electron chi connectivity index (χ0n) is 15.7. The molecule has 2 aromatic heterocycles. The van der Waals surface area contributed by atoms with Crippen LogP contribution in [0, 0.1) is 16.7 Å². The van der Waals surface area contributed by atoms with Gasteiger partial charge in [-0.1, -0.05) is 35.6 Å². The van der Waals surface area contributed by atoms with Gasteiger partial charge in [0.05, 0.1) is 18.2 Å². The number of pyridine rings is 1. The van der Waals surface area contributed by atoms with E-state index in [1.807, 2.05) is 18.3 Å². The van der Waals surface area contributed by atoms with Gasteiger partial charge in [0.15, 0.2) is 0 Å². The number of halogens is 1. The third kappa shape index (κ3) is 5.55. The molecule has 0 amide bonds. The van der Waals surface area contributed by atoms with Crippen molar-refractivity contribution >= 4 is 35.0 Å². The number of nitrogens with one attached hydrogen (secondary N) is 1. The molecule has 0 aliphatic carbocycles. The molecule has 0 aromatic carbocycles. The highest BCUT2D eigenvalue weighted by Gasteiger charge is 2.26. The van der Waals surface area contributed by atoms with Crippen molar-refractivity contribution in [3.63, 3.8) is 0 Å². The zero-order chi connectivity index (χ0) is 19.4. The number of alkyl halides is 1. The Bertz CT molecular complexity index is 784. The van der Waals surface area contributed by atoms with E-state index in [-0.39, 0.29) is 18.2 Å². The molecule has 0 spiro atoms. The van der Waals surface area contributed by atoms with Crippen molar-refractivity contribution < 1.29 is 14.6 Å². The first kappa shape index (κ1) is 20.9. The fourth-order valence-corrected chi connectivity index (χ4v) is 3.40. The van der Waals surface area contributed by atoms with Crippen LogP contribution in [0.4, 0.5) is 0 Å². The lowest BCUT2D eigenvalue weighted by molar-refractivity contribution is 0.111. The first-order valence-corrected chi connectivity index (χ1v) is 13.2. The van der Waals surface area contributed by atoms with Crippen LogP contribution in [-0.2, 0) is 4.74 Å².